The highest BCUT2D eigenvalue weighted by atomic mass is 16.6. The summed E-state index contributed by atoms with van der Waals surface area (Å²) in [6, 6.07) is 0. The largest absolute Gasteiger partial charge is 0.421 e. The molecule has 0 radical (unpaired) electrons. The van der Waals surface area contributed by atoms with E-state index in [-0.39, 0.29) is 18.8 Å². The van der Waals surface area contributed by atoms with Crippen LogP contribution in [0.5, 0.6) is 0 Å². The van der Waals surface area contributed by atoms with Crippen LogP contribution in [0.4, 0.5) is 0 Å². The van der Waals surface area contributed by atoms with E-state index >= 15 is 0 Å². The lowest BCUT2D eigenvalue weighted by molar-refractivity contribution is -0.192. The van der Waals surface area contributed by atoms with Gasteiger partial charge in [0, 0.05) is 25.0 Å². The zero-order valence-corrected chi connectivity index (χ0v) is 13.1. The van der Waals surface area contributed by atoms with Crippen molar-refractivity contribution < 1.29 is 28.7 Å². The Morgan fingerprint density at radius 2 is 1.46 bits per heavy atom. The predicted molar refractivity (Wildman–Crippen MR) is 78.5 cm³/mol. The van der Waals surface area contributed by atoms with E-state index in [0.29, 0.717) is 22.6 Å². The van der Waals surface area contributed by atoms with E-state index in [9.17, 15) is 24.0 Å². The molecule has 2 aliphatic heterocycles. The van der Waals surface area contributed by atoms with Crippen molar-refractivity contribution in [3.63, 3.8) is 0 Å². The first-order valence-corrected chi connectivity index (χ1v) is 8.09. The van der Waals surface area contributed by atoms with Gasteiger partial charge < -0.3 is 4.74 Å². The van der Waals surface area contributed by atoms with Gasteiger partial charge >= 0.3 is 5.97 Å². The van der Waals surface area contributed by atoms with Crippen LogP contribution in [-0.4, -0.2) is 45.7 Å². The standard InChI is InChI=1S/C16H18N2O6/c19-11-6-7-12(20)17(11)16(18-13(21)8-9-14(18)22)24-15(23)10-4-2-1-3-5-10/h6-7,10,16H,1-5,8-9H2. The predicted octanol–water partition coefficient (Wildman–Crippen LogP) is 0.467. The molecule has 1 saturated heterocycles. The van der Waals surface area contributed by atoms with Crippen LogP contribution in [0.3, 0.4) is 0 Å². The molecule has 1 saturated carbocycles. The quantitative estimate of drug-likeness (QED) is 0.547. The summed E-state index contributed by atoms with van der Waals surface area (Å²) < 4.78 is 5.33. The first-order valence-electron chi connectivity index (χ1n) is 8.09. The molecule has 0 aromatic rings. The van der Waals surface area contributed by atoms with Gasteiger partial charge in [-0.2, -0.15) is 0 Å². The summed E-state index contributed by atoms with van der Waals surface area (Å²) in [5.74, 6) is -3.47. The maximum atomic E-state index is 12.4. The minimum atomic E-state index is -1.63. The fraction of sp³-hybridized carbons (Fsp3) is 0.562. The van der Waals surface area contributed by atoms with Crippen LogP contribution < -0.4 is 0 Å². The first kappa shape index (κ1) is 16.4. The summed E-state index contributed by atoms with van der Waals surface area (Å²) in [7, 11) is 0. The molecule has 1 aliphatic carbocycles. The number of imide groups is 2. The Kier molecular flexibility index (Phi) is 4.46. The summed E-state index contributed by atoms with van der Waals surface area (Å²) >= 11 is 0. The number of rotatable bonds is 4. The summed E-state index contributed by atoms with van der Waals surface area (Å²) in [5, 5.41) is 0. The Hall–Kier alpha value is -2.51. The number of amides is 4. The molecule has 3 aliphatic rings. The molecule has 1 atom stereocenters. The second-order valence-corrected chi connectivity index (χ2v) is 6.14. The van der Waals surface area contributed by atoms with Crippen molar-refractivity contribution in [3.8, 4) is 0 Å². The maximum absolute atomic E-state index is 12.4. The first-order chi connectivity index (χ1) is 11.5. The number of carbonyl (C=O) groups excluding carboxylic acids is 5. The highest BCUT2D eigenvalue weighted by Crippen LogP contribution is 2.27. The van der Waals surface area contributed by atoms with E-state index in [1.807, 2.05) is 0 Å². The van der Waals surface area contributed by atoms with Crippen LogP contribution in [0.2, 0.25) is 0 Å². The topological polar surface area (TPSA) is 101 Å². The van der Waals surface area contributed by atoms with E-state index < -0.39 is 35.9 Å². The molecule has 8 heteroatoms. The van der Waals surface area contributed by atoms with Gasteiger partial charge in [0.1, 0.15) is 0 Å². The molecular formula is C16H18N2O6. The Morgan fingerprint density at radius 3 is 2.00 bits per heavy atom. The monoisotopic (exact) mass is 334 g/mol. The highest BCUT2D eigenvalue weighted by Gasteiger charge is 2.45. The zero-order chi connectivity index (χ0) is 17.3. The lowest BCUT2D eigenvalue weighted by atomic mass is 9.89. The molecule has 2 fully saturated rings. The smallest absolute Gasteiger partial charge is 0.312 e. The molecule has 0 aromatic carbocycles. The highest BCUT2D eigenvalue weighted by molar-refractivity contribution is 6.14. The minimum Gasteiger partial charge on any atom is -0.421 e. The van der Waals surface area contributed by atoms with Crippen LogP contribution in [0, 0.1) is 5.92 Å². The van der Waals surface area contributed by atoms with Gasteiger partial charge in [-0.15, -0.1) is 0 Å². The molecular weight excluding hydrogens is 316 g/mol. The lowest BCUT2D eigenvalue weighted by Gasteiger charge is -2.33. The fourth-order valence-corrected chi connectivity index (χ4v) is 3.23. The third kappa shape index (κ3) is 2.95. The lowest BCUT2D eigenvalue weighted by Crippen LogP contribution is -2.55. The molecule has 3 rings (SSSR count). The average Bonchev–Trinajstić information content (AvgIpc) is 3.08. The number of esters is 1. The summed E-state index contributed by atoms with van der Waals surface area (Å²) in [6.07, 6.45) is 4.52. The van der Waals surface area contributed by atoms with Gasteiger partial charge in [0.2, 0.25) is 11.8 Å². The summed E-state index contributed by atoms with van der Waals surface area (Å²) in [6.45, 7) is 0. The summed E-state index contributed by atoms with van der Waals surface area (Å²) in [5.41, 5.74) is 0. The second kappa shape index (κ2) is 6.54. The van der Waals surface area contributed by atoms with E-state index in [1.165, 1.54) is 0 Å². The molecule has 0 bridgehead atoms. The molecule has 0 N–H and O–H groups in total. The second-order valence-electron chi connectivity index (χ2n) is 6.14. The van der Waals surface area contributed by atoms with E-state index in [1.54, 1.807) is 0 Å². The number of hydrogen-bond donors (Lipinski definition) is 0. The zero-order valence-electron chi connectivity index (χ0n) is 13.1. The number of nitrogens with zero attached hydrogens (tertiary/aromatic N) is 2. The van der Waals surface area contributed by atoms with Gasteiger partial charge in [0.15, 0.2) is 0 Å². The Morgan fingerprint density at radius 1 is 0.917 bits per heavy atom. The number of hydrogen-bond acceptors (Lipinski definition) is 6. The Bertz CT molecular complexity index is 598. The van der Waals surface area contributed by atoms with Crippen LogP contribution in [0.1, 0.15) is 44.9 Å². The van der Waals surface area contributed by atoms with Gasteiger partial charge in [-0.05, 0) is 12.8 Å². The van der Waals surface area contributed by atoms with Gasteiger partial charge in [0.25, 0.3) is 18.2 Å². The maximum Gasteiger partial charge on any atom is 0.312 e. The van der Waals surface area contributed by atoms with E-state index in [0.717, 1.165) is 31.4 Å². The van der Waals surface area contributed by atoms with Crippen LogP contribution >= 0.6 is 0 Å². The van der Waals surface area contributed by atoms with Gasteiger partial charge in [-0.1, -0.05) is 19.3 Å². The van der Waals surface area contributed by atoms with Crippen molar-refractivity contribution in [2.75, 3.05) is 0 Å². The molecule has 8 nitrogen and oxygen atoms in total. The number of ether oxygens (including phenoxy) is 1. The van der Waals surface area contributed by atoms with Crippen molar-refractivity contribution in [1.29, 1.82) is 0 Å². The summed E-state index contributed by atoms with van der Waals surface area (Å²) in [4.78, 5) is 61.6. The molecule has 4 amide bonds. The molecule has 128 valence electrons. The van der Waals surface area contributed by atoms with Crippen molar-refractivity contribution in [3.05, 3.63) is 12.2 Å². The number of likely N-dealkylation sites (tertiary alicyclic amines) is 1. The van der Waals surface area contributed by atoms with Crippen LogP contribution in [-0.2, 0) is 28.7 Å². The SMILES string of the molecule is O=C(OC(N1C(=O)C=CC1=O)N1C(=O)CCC1=O)C1CCCCC1. The van der Waals surface area contributed by atoms with Crippen LogP contribution in [0.15, 0.2) is 12.2 Å². The van der Waals surface area contributed by atoms with Crippen molar-refractivity contribution >= 4 is 29.6 Å². The van der Waals surface area contributed by atoms with Crippen molar-refractivity contribution in [2.45, 2.75) is 51.3 Å². The molecule has 24 heavy (non-hydrogen) atoms. The molecule has 0 aromatic heterocycles. The third-order valence-electron chi connectivity index (χ3n) is 4.54. The van der Waals surface area contributed by atoms with Gasteiger partial charge in [-0.3, -0.25) is 24.0 Å². The fourth-order valence-electron chi connectivity index (χ4n) is 3.23. The normalized spacial score (nSPS) is 23.3. The van der Waals surface area contributed by atoms with Gasteiger partial charge in [0.05, 0.1) is 5.92 Å². The third-order valence-corrected chi connectivity index (χ3v) is 4.54. The molecule has 1 unspecified atom stereocenters. The van der Waals surface area contributed by atoms with Crippen molar-refractivity contribution in [1.82, 2.24) is 9.80 Å². The van der Waals surface area contributed by atoms with E-state index in [4.69, 9.17) is 4.74 Å². The molecule has 2 heterocycles. The average molecular weight is 334 g/mol. The van der Waals surface area contributed by atoms with Crippen LogP contribution in [0.25, 0.3) is 0 Å². The Labute approximate surface area is 138 Å². The number of carbonyl (C=O) groups is 5. The van der Waals surface area contributed by atoms with Gasteiger partial charge in [-0.25, -0.2) is 9.80 Å². The van der Waals surface area contributed by atoms with Crippen molar-refractivity contribution in [2.24, 2.45) is 5.92 Å². The minimum absolute atomic E-state index is 0.0278. The molecule has 0 spiro atoms. The van der Waals surface area contributed by atoms with E-state index in [2.05, 4.69) is 0 Å². The Balaban J connectivity index is 1.83.